The van der Waals surface area contributed by atoms with Crippen LogP contribution in [-0.2, 0) is 7.05 Å². The monoisotopic (exact) mass is 382 g/mol. The zero-order valence-corrected chi connectivity index (χ0v) is 16.3. The molecule has 1 fully saturated rings. The summed E-state index contributed by atoms with van der Waals surface area (Å²) in [5.74, 6) is 0.825. The van der Waals surface area contributed by atoms with E-state index in [0.29, 0.717) is 30.8 Å². The molecule has 0 aliphatic carbocycles. The molecule has 148 valence electrons. The molecule has 2 aliphatic heterocycles. The second kappa shape index (κ2) is 8.10. The molecule has 0 spiro atoms. The van der Waals surface area contributed by atoms with Crippen molar-refractivity contribution in [1.82, 2.24) is 24.3 Å². The molecule has 0 atom stereocenters. The summed E-state index contributed by atoms with van der Waals surface area (Å²) >= 11 is 0. The minimum Gasteiger partial charge on any atom is -0.348 e. The van der Waals surface area contributed by atoms with Gasteiger partial charge in [0, 0.05) is 71.3 Å². The number of anilines is 1. The number of hydrogen-bond donors (Lipinski definition) is 0. The Morgan fingerprint density at radius 3 is 2.50 bits per heavy atom. The maximum Gasteiger partial charge on any atom is 0.256 e. The number of fused-ring (bicyclic) bond motifs is 1. The van der Waals surface area contributed by atoms with Crippen molar-refractivity contribution in [1.29, 1.82) is 0 Å². The summed E-state index contributed by atoms with van der Waals surface area (Å²) in [7, 11) is 1.82. The smallest absolute Gasteiger partial charge is 0.256 e. The molecular weight excluding hydrogens is 356 g/mol. The molecule has 0 saturated carbocycles. The number of nitrogens with zero attached hydrogens (tertiary/aromatic N) is 6. The molecule has 1 saturated heterocycles. The lowest BCUT2D eigenvalue weighted by Crippen LogP contribution is -2.47. The molecule has 8 nitrogen and oxygen atoms in total. The maximum absolute atomic E-state index is 12.8. The van der Waals surface area contributed by atoms with Crippen LogP contribution in [-0.4, -0.2) is 81.8 Å². The van der Waals surface area contributed by atoms with E-state index in [4.69, 9.17) is 0 Å². The molecule has 0 N–H and O–H groups in total. The molecule has 4 heterocycles. The molecule has 28 heavy (non-hydrogen) atoms. The van der Waals surface area contributed by atoms with Crippen LogP contribution in [0.25, 0.3) is 0 Å². The van der Waals surface area contributed by atoms with Crippen LogP contribution in [0.1, 0.15) is 33.7 Å². The number of piperazine rings is 1. The first kappa shape index (κ1) is 18.6. The second-order valence-corrected chi connectivity index (χ2v) is 7.39. The van der Waals surface area contributed by atoms with Crippen molar-refractivity contribution >= 4 is 17.6 Å². The van der Waals surface area contributed by atoms with E-state index in [-0.39, 0.29) is 11.7 Å². The molecule has 0 unspecified atom stereocenters. The molecular formula is C20H26N6O2. The van der Waals surface area contributed by atoms with Crippen LogP contribution in [0.3, 0.4) is 0 Å². The van der Waals surface area contributed by atoms with Gasteiger partial charge in [-0.1, -0.05) is 0 Å². The highest BCUT2D eigenvalue weighted by Gasteiger charge is 2.29. The van der Waals surface area contributed by atoms with Gasteiger partial charge in [-0.3, -0.25) is 14.5 Å². The summed E-state index contributed by atoms with van der Waals surface area (Å²) in [6.45, 7) is 5.89. The van der Waals surface area contributed by atoms with Gasteiger partial charge in [0.05, 0.1) is 11.3 Å². The lowest BCUT2D eigenvalue weighted by molar-refractivity contribution is 0.0750. The topological polar surface area (TPSA) is 74.6 Å². The molecule has 0 aromatic carbocycles. The fraction of sp³-hybridized carbons (Fsp3) is 0.500. The Labute approximate surface area is 164 Å². The van der Waals surface area contributed by atoms with Crippen molar-refractivity contribution in [2.45, 2.75) is 12.8 Å². The minimum absolute atomic E-state index is 0.0208. The first-order valence-corrected chi connectivity index (χ1v) is 9.85. The van der Waals surface area contributed by atoms with Gasteiger partial charge < -0.3 is 14.4 Å². The van der Waals surface area contributed by atoms with E-state index in [9.17, 15) is 9.59 Å². The zero-order chi connectivity index (χ0) is 19.5. The van der Waals surface area contributed by atoms with Crippen LogP contribution < -0.4 is 4.90 Å². The third-order valence-electron chi connectivity index (χ3n) is 5.57. The summed E-state index contributed by atoms with van der Waals surface area (Å²) in [4.78, 5) is 40.2. The standard InChI is InChI=1S/C20H26N6O2/c1-23-10-4-16-18(23)17(27)5-11-25(19(16)28)9-3-8-24-12-14-26(15-13-24)20-21-6-2-7-22-20/h2,4,6-7,10H,3,5,8-9,11-15H2,1H3. The molecule has 2 aliphatic rings. The summed E-state index contributed by atoms with van der Waals surface area (Å²) in [6.07, 6.45) is 6.64. The van der Waals surface area contributed by atoms with E-state index in [1.54, 1.807) is 29.2 Å². The number of carbonyl (C=O) groups is 2. The first-order valence-electron chi connectivity index (χ1n) is 9.85. The molecule has 8 heteroatoms. The third kappa shape index (κ3) is 3.77. The highest BCUT2D eigenvalue weighted by molar-refractivity contribution is 6.08. The average molecular weight is 382 g/mol. The third-order valence-corrected chi connectivity index (χ3v) is 5.57. The van der Waals surface area contributed by atoms with Gasteiger partial charge in [-0.25, -0.2) is 9.97 Å². The molecule has 0 bridgehead atoms. The van der Waals surface area contributed by atoms with E-state index in [1.807, 2.05) is 18.0 Å². The highest BCUT2D eigenvalue weighted by Crippen LogP contribution is 2.20. The predicted octanol–water partition coefficient (Wildman–Crippen LogP) is 1.06. The number of aryl methyl sites for hydroxylation is 1. The number of amides is 1. The fourth-order valence-corrected chi connectivity index (χ4v) is 4.00. The van der Waals surface area contributed by atoms with Crippen LogP contribution in [0.15, 0.2) is 30.7 Å². The van der Waals surface area contributed by atoms with Crippen molar-refractivity contribution < 1.29 is 9.59 Å². The Kier molecular flexibility index (Phi) is 5.38. The Morgan fingerprint density at radius 1 is 1.00 bits per heavy atom. The van der Waals surface area contributed by atoms with Gasteiger partial charge in [0.1, 0.15) is 0 Å². The largest absolute Gasteiger partial charge is 0.348 e. The van der Waals surface area contributed by atoms with E-state index < -0.39 is 0 Å². The van der Waals surface area contributed by atoms with Crippen molar-refractivity contribution in [3.63, 3.8) is 0 Å². The van der Waals surface area contributed by atoms with Gasteiger partial charge in [0.15, 0.2) is 5.78 Å². The van der Waals surface area contributed by atoms with Gasteiger partial charge in [-0.15, -0.1) is 0 Å². The van der Waals surface area contributed by atoms with Crippen LogP contribution in [0, 0.1) is 0 Å². The van der Waals surface area contributed by atoms with Gasteiger partial charge in [-0.2, -0.15) is 0 Å². The normalized spacial score (nSPS) is 18.3. The number of aromatic nitrogens is 3. The van der Waals surface area contributed by atoms with Crippen LogP contribution >= 0.6 is 0 Å². The van der Waals surface area contributed by atoms with E-state index in [1.165, 1.54) is 0 Å². The first-order chi connectivity index (χ1) is 13.6. The second-order valence-electron chi connectivity index (χ2n) is 7.39. The Balaban J connectivity index is 1.27. The lowest BCUT2D eigenvalue weighted by Gasteiger charge is -2.35. The predicted molar refractivity (Wildman–Crippen MR) is 106 cm³/mol. The molecule has 2 aromatic rings. The van der Waals surface area contributed by atoms with Gasteiger partial charge in [-0.05, 0) is 25.1 Å². The lowest BCUT2D eigenvalue weighted by atomic mass is 10.1. The van der Waals surface area contributed by atoms with E-state index >= 15 is 0 Å². The maximum atomic E-state index is 12.8. The molecule has 1 amide bonds. The van der Waals surface area contributed by atoms with Crippen molar-refractivity contribution in [2.75, 3.05) is 50.7 Å². The van der Waals surface area contributed by atoms with E-state index in [2.05, 4.69) is 19.8 Å². The van der Waals surface area contributed by atoms with Crippen molar-refractivity contribution in [2.24, 2.45) is 7.05 Å². The van der Waals surface area contributed by atoms with Crippen LogP contribution in [0.5, 0.6) is 0 Å². The summed E-state index contributed by atoms with van der Waals surface area (Å²) in [5.41, 5.74) is 1.09. The van der Waals surface area contributed by atoms with Crippen LogP contribution in [0.2, 0.25) is 0 Å². The van der Waals surface area contributed by atoms with Crippen molar-refractivity contribution in [3.05, 3.63) is 42.0 Å². The highest BCUT2D eigenvalue weighted by atomic mass is 16.2. The zero-order valence-electron chi connectivity index (χ0n) is 16.3. The van der Waals surface area contributed by atoms with Gasteiger partial charge >= 0.3 is 0 Å². The summed E-state index contributed by atoms with van der Waals surface area (Å²) in [6, 6.07) is 3.59. The van der Waals surface area contributed by atoms with Gasteiger partial charge in [0.25, 0.3) is 5.91 Å². The number of rotatable bonds is 5. The molecule has 0 radical (unpaired) electrons. The van der Waals surface area contributed by atoms with Crippen molar-refractivity contribution in [3.8, 4) is 0 Å². The van der Waals surface area contributed by atoms with Crippen LogP contribution in [0.4, 0.5) is 5.95 Å². The number of Topliss-reactive ketones (excluding diaryl/α,β-unsaturated/α-hetero) is 1. The molecule has 4 rings (SSSR count). The van der Waals surface area contributed by atoms with Gasteiger partial charge in [0.2, 0.25) is 5.95 Å². The number of carbonyl (C=O) groups excluding carboxylic acids is 2. The number of hydrogen-bond acceptors (Lipinski definition) is 6. The quantitative estimate of drug-likeness (QED) is 0.770. The Hall–Kier alpha value is -2.74. The summed E-state index contributed by atoms with van der Waals surface area (Å²) < 4.78 is 1.76. The minimum atomic E-state index is -0.0208. The fourth-order valence-electron chi connectivity index (χ4n) is 4.00. The van der Waals surface area contributed by atoms with E-state index in [0.717, 1.165) is 45.1 Å². The average Bonchev–Trinajstić information content (AvgIpc) is 3.07. The Bertz CT molecular complexity index is 842. The molecule has 2 aromatic heterocycles. The number of ketones is 1. The summed E-state index contributed by atoms with van der Waals surface area (Å²) in [5, 5.41) is 0. The Morgan fingerprint density at radius 2 is 1.75 bits per heavy atom. The SMILES string of the molecule is Cn1ccc2c1C(=O)CCN(CCCN1CCN(c3ncccn3)CC1)C2=O.